The molecule has 0 aliphatic carbocycles. The molecule has 0 spiro atoms. The van der Waals surface area contributed by atoms with Gasteiger partial charge in [-0.05, 0) is 25.1 Å². The Balaban J connectivity index is 1.67. The predicted octanol–water partition coefficient (Wildman–Crippen LogP) is 3.83. The highest BCUT2D eigenvalue weighted by molar-refractivity contribution is 6.43. The summed E-state index contributed by atoms with van der Waals surface area (Å²) in [7, 11) is 0. The molecule has 1 aliphatic heterocycles. The van der Waals surface area contributed by atoms with Crippen molar-refractivity contribution in [1.82, 2.24) is 24.6 Å². The minimum atomic E-state index is -0.395. The number of benzene rings is 1. The van der Waals surface area contributed by atoms with Crippen LogP contribution in [0.2, 0.25) is 10.0 Å². The summed E-state index contributed by atoms with van der Waals surface area (Å²) in [6, 6.07) is 7.40. The molecule has 1 atom stereocenters. The quantitative estimate of drug-likeness (QED) is 0.649. The Morgan fingerprint density at radius 2 is 2.07 bits per heavy atom. The van der Waals surface area contributed by atoms with Crippen LogP contribution in [0.15, 0.2) is 36.5 Å². The lowest BCUT2D eigenvalue weighted by atomic mass is 10.1. The first-order chi connectivity index (χ1) is 13.0. The van der Waals surface area contributed by atoms with E-state index in [1.54, 1.807) is 23.1 Å². The van der Waals surface area contributed by atoms with Gasteiger partial charge in [0, 0.05) is 24.8 Å². The van der Waals surface area contributed by atoms with Gasteiger partial charge in [-0.25, -0.2) is 4.39 Å². The van der Waals surface area contributed by atoms with E-state index >= 15 is 0 Å². The molecule has 4 rings (SSSR count). The largest absolute Gasteiger partial charge is 0.327 e. The van der Waals surface area contributed by atoms with Gasteiger partial charge in [0.25, 0.3) is 5.91 Å². The molecule has 1 aromatic carbocycles. The van der Waals surface area contributed by atoms with Crippen LogP contribution in [0.5, 0.6) is 0 Å². The van der Waals surface area contributed by atoms with Crippen molar-refractivity contribution in [3.63, 3.8) is 0 Å². The van der Waals surface area contributed by atoms with E-state index in [1.807, 2.05) is 11.5 Å². The molecule has 0 saturated carbocycles. The van der Waals surface area contributed by atoms with Crippen LogP contribution >= 0.6 is 23.2 Å². The van der Waals surface area contributed by atoms with Crippen LogP contribution in [0.3, 0.4) is 0 Å². The standard InChI is InChI=1S/C18H14Cl2FN5O/c1-10-8-26-15(23-24-17(26)14-7-11(21)5-6-22-14)9-25(10)18(27)12-3-2-4-13(19)16(12)20/h2-7,10H,8-9H2,1H3. The minimum absolute atomic E-state index is 0.150. The maximum atomic E-state index is 13.5. The second-order valence-corrected chi connectivity index (χ2v) is 7.08. The zero-order chi connectivity index (χ0) is 19.1. The molecule has 1 amide bonds. The average Bonchev–Trinajstić information content (AvgIpc) is 3.05. The molecular formula is C18H14Cl2FN5O. The number of hydrogen-bond donors (Lipinski definition) is 0. The van der Waals surface area contributed by atoms with Gasteiger partial charge in [-0.15, -0.1) is 10.2 Å². The summed E-state index contributed by atoms with van der Waals surface area (Å²) in [4.78, 5) is 18.8. The van der Waals surface area contributed by atoms with Crippen molar-refractivity contribution >= 4 is 29.1 Å². The molecule has 0 fully saturated rings. The molecule has 0 N–H and O–H groups in total. The number of amides is 1. The molecule has 3 aromatic rings. The first kappa shape index (κ1) is 17.9. The Bertz CT molecular complexity index is 1040. The number of rotatable bonds is 2. The van der Waals surface area contributed by atoms with E-state index in [2.05, 4.69) is 15.2 Å². The number of carbonyl (C=O) groups is 1. The van der Waals surface area contributed by atoms with Gasteiger partial charge in [-0.2, -0.15) is 0 Å². The van der Waals surface area contributed by atoms with Crippen LogP contribution in [-0.4, -0.2) is 36.6 Å². The zero-order valence-electron chi connectivity index (χ0n) is 14.2. The van der Waals surface area contributed by atoms with E-state index in [4.69, 9.17) is 23.2 Å². The van der Waals surface area contributed by atoms with Crippen molar-refractivity contribution in [2.45, 2.75) is 26.1 Å². The van der Waals surface area contributed by atoms with Crippen molar-refractivity contribution in [3.05, 3.63) is 63.8 Å². The number of halogens is 3. The molecule has 1 aliphatic rings. The molecule has 0 bridgehead atoms. The van der Waals surface area contributed by atoms with Crippen molar-refractivity contribution in [2.75, 3.05) is 0 Å². The molecule has 27 heavy (non-hydrogen) atoms. The maximum Gasteiger partial charge on any atom is 0.256 e. The summed E-state index contributed by atoms with van der Waals surface area (Å²) >= 11 is 12.2. The van der Waals surface area contributed by atoms with E-state index < -0.39 is 5.82 Å². The van der Waals surface area contributed by atoms with Gasteiger partial charge in [-0.1, -0.05) is 29.3 Å². The Hall–Kier alpha value is -2.51. The fourth-order valence-electron chi connectivity index (χ4n) is 3.13. The molecule has 3 heterocycles. The van der Waals surface area contributed by atoms with Crippen LogP contribution in [0.1, 0.15) is 23.1 Å². The van der Waals surface area contributed by atoms with Crippen molar-refractivity contribution in [1.29, 1.82) is 0 Å². The van der Waals surface area contributed by atoms with E-state index in [9.17, 15) is 9.18 Å². The Morgan fingerprint density at radius 3 is 2.85 bits per heavy atom. The number of fused-ring (bicyclic) bond motifs is 1. The SMILES string of the molecule is CC1Cn2c(nnc2-c2cc(F)ccn2)CN1C(=O)c1cccc(Cl)c1Cl. The summed E-state index contributed by atoms with van der Waals surface area (Å²) in [5.74, 6) is 0.452. The first-order valence-corrected chi connectivity index (χ1v) is 9.00. The van der Waals surface area contributed by atoms with Gasteiger partial charge in [0.2, 0.25) is 0 Å². The van der Waals surface area contributed by atoms with Gasteiger partial charge in [-0.3, -0.25) is 9.78 Å². The van der Waals surface area contributed by atoms with Gasteiger partial charge in [0.1, 0.15) is 11.5 Å². The highest BCUT2D eigenvalue weighted by Crippen LogP contribution is 2.29. The van der Waals surface area contributed by atoms with Crippen LogP contribution in [0.4, 0.5) is 4.39 Å². The molecule has 0 saturated heterocycles. The summed E-state index contributed by atoms with van der Waals surface area (Å²) in [6.07, 6.45) is 1.38. The Labute approximate surface area is 164 Å². The lowest BCUT2D eigenvalue weighted by Crippen LogP contribution is -2.45. The predicted molar refractivity (Wildman–Crippen MR) is 99.0 cm³/mol. The molecular weight excluding hydrogens is 392 g/mol. The van der Waals surface area contributed by atoms with Crippen LogP contribution in [0, 0.1) is 5.82 Å². The molecule has 2 aromatic heterocycles. The van der Waals surface area contributed by atoms with Crippen molar-refractivity contribution in [2.24, 2.45) is 0 Å². The van der Waals surface area contributed by atoms with Crippen LogP contribution in [-0.2, 0) is 13.1 Å². The highest BCUT2D eigenvalue weighted by atomic mass is 35.5. The fourth-order valence-corrected chi connectivity index (χ4v) is 3.51. The molecule has 1 unspecified atom stereocenters. The number of hydrogen-bond acceptors (Lipinski definition) is 4. The van der Waals surface area contributed by atoms with E-state index in [0.29, 0.717) is 34.5 Å². The van der Waals surface area contributed by atoms with Gasteiger partial charge >= 0.3 is 0 Å². The highest BCUT2D eigenvalue weighted by Gasteiger charge is 2.32. The average molecular weight is 406 g/mol. The van der Waals surface area contributed by atoms with E-state index in [0.717, 1.165) is 0 Å². The third kappa shape index (κ3) is 3.17. The maximum absolute atomic E-state index is 13.5. The second-order valence-electron chi connectivity index (χ2n) is 6.29. The van der Waals surface area contributed by atoms with Gasteiger partial charge in [0.05, 0.1) is 22.2 Å². The smallest absolute Gasteiger partial charge is 0.256 e. The fraction of sp³-hybridized carbons (Fsp3) is 0.222. The molecule has 9 heteroatoms. The van der Waals surface area contributed by atoms with Crippen molar-refractivity contribution < 1.29 is 9.18 Å². The van der Waals surface area contributed by atoms with E-state index in [-0.39, 0.29) is 23.5 Å². The van der Waals surface area contributed by atoms with Crippen molar-refractivity contribution in [3.8, 4) is 11.5 Å². The Morgan fingerprint density at radius 1 is 1.26 bits per heavy atom. The molecule has 138 valence electrons. The summed E-state index contributed by atoms with van der Waals surface area (Å²) in [5, 5.41) is 8.86. The summed E-state index contributed by atoms with van der Waals surface area (Å²) in [5.41, 5.74) is 0.745. The normalized spacial score (nSPS) is 16.3. The lowest BCUT2D eigenvalue weighted by molar-refractivity contribution is 0.0612. The van der Waals surface area contributed by atoms with Crippen LogP contribution in [0.25, 0.3) is 11.5 Å². The monoisotopic (exact) mass is 405 g/mol. The minimum Gasteiger partial charge on any atom is -0.327 e. The number of aromatic nitrogens is 4. The molecule has 6 nitrogen and oxygen atoms in total. The second kappa shape index (κ2) is 6.90. The first-order valence-electron chi connectivity index (χ1n) is 8.24. The van der Waals surface area contributed by atoms with E-state index in [1.165, 1.54) is 18.3 Å². The van der Waals surface area contributed by atoms with Gasteiger partial charge in [0.15, 0.2) is 11.6 Å². The summed E-state index contributed by atoms with van der Waals surface area (Å²) < 4.78 is 15.4. The lowest BCUT2D eigenvalue weighted by Gasteiger charge is -2.34. The van der Waals surface area contributed by atoms with Crippen LogP contribution < -0.4 is 0 Å². The molecule has 0 radical (unpaired) electrons. The number of pyridine rings is 1. The number of nitrogens with zero attached hydrogens (tertiary/aromatic N) is 5. The number of carbonyl (C=O) groups excluding carboxylic acids is 1. The zero-order valence-corrected chi connectivity index (χ0v) is 15.7. The summed E-state index contributed by atoms with van der Waals surface area (Å²) in [6.45, 7) is 2.63. The van der Waals surface area contributed by atoms with Gasteiger partial charge < -0.3 is 9.47 Å². The topological polar surface area (TPSA) is 63.9 Å². The Kier molecular flexibility index (Phi) is 4.57. The third-order valence-corrected chi connectivity index (χ3v) is 5.33. The third-order valence-electron chi connectivity index (χ3n) is 4.51.